The summed E-state index contributed by atoms with van der Waals surface area (Å²) in [6.07, 6.45) is 0.767. The highest BCUT2D eigenvalue weighted by molar-refractivity contribution is 6.31. The average molecular weight is 313 g/mol. The highest BCUT2D eigenvalue weighted by atomic mass is 35.5. The van der Waals surface area contributed by atoms with E-state index in [0.717, 1.165) is 12.5 Å². The van der Waals surface area contributed by atoms with Crippen LogP contribution in [0.25, 0.3) is 0 Å². The van der Waals surface area contributed by atoms with Gasteiger partial charge in [0.05, 0.1) is 10.8 Å². The van der Waals surface area contributed by atoms with E-state index in [1.54, 1.807) is 0 Å². The number of esters is 1. The summed E-state index contributed by atoms with van der Waals surface area (Å²) in [7, 11) is 0. The van der Waals surface area contributed by atoms with Crippen molar-refractivity contribution in [2.45, 2.75) is 13.3 Å². The Morgan fingerprint density at radius 1 is 1.52 bits per heavy atom. The number of anilines is 1. The first-order valence-corrected chi connectivity index (χ1v) is 6.66. The molecule has 0 unspecified atom stereocenters. The highest BCUT2D eigenvalue weighted by Gasteiger charge is 2.40. The summed E-state index contributed by atoms with van der Waals surface area (Å²) in [5.41, 5.74) is -0.316. The molecule has 21 heavy (non-hydrogen) atoms. The Hall–Kier alpha value is -2.15. The largest absolute Gasteiger partial charge is 0.455 e. The molecule has 7 nitrogen and oxygen atoms in total. The molecular weight excluding hydrogens is 300 g/mol. The van der Waals surface area contributed by atoms with Crippen LogP contribution < -0.4 is 5.32 Å². The van der Waals surface area contributed by atoms with Crippen LogP contribution in [0, 0.1) is 22.0 Å². The molecular formula is C13H13ClN2O5. The van der Waals surface area contributed by atoms with Gasteiger partial charge in [-0.2, -0.15) is 0 Å². The van der Waals surface area contributed by atoms with Crippen LogP contribution >= 0.6 is 11.6 Å². The lowest BCUT2D eigenvalue weighted by Gasteiger charge is -2.07. The van der Waals surface area contributed by atoms with Gasteiger partial charge in [-0.25, -0.2) is 0 Å². The number of nitro groups is 1. The van der Waals surface area contributed by atoms with Crippen molar-refractivity contribution >= 4 is 34.9 Å². The maximum atomic E-state index is 11.7. The summed E-state index contributed by atoms with van der Waals surface area (Å²) in [6.45, 7) is 1.45. The lowest BCUT2D eigenvalue weighted by atomic mass is 10.2. The van der Waals surface area contributed by atoms with Gasteiger partial charge in [0.2, 0.25) is 0 Å². The number of nitro benzene ring substituents is 1. The summed E-state index contributed by atoms with van der Waals surface area (Å²) in [6, 6.07) is 3.88. The monoisotopic (exact) mass is 312 g/mol. The predicted octanol–water partition coefficient (Wildman–Crippen LogP) is 2.39. The Morgan fingerprint density at radius 2 is 2.19 bits per heavy atom. The Balaban J connectivity index is 1.93. The van der Waals surface area contributed by atoms with Gasteiger partial charge in [-0.05, 0) is 24.5 Å². The summed E-state index contributed by atoms with van der Waals surface area (Å²) in [4.78, 5) is 33.3. The molecule has 1 aliphatic rings. The Kier molecular flexibility index (Phi) is 4.42. The average Bonchev–Trinajstić information content (AvgIpc) is 3.15. The minimum absolute atomic E-state index is 0.00485. The molecule has 112 valence electrons. The molecule has 2 atom stereocenters. The number of hydrogen-bond acceptors (Lipinski definition) is 5. The van der Waals surface area contributed by atoms with E-state index in [9.17, 15) is 19.7 Å². The molecule has 8 heteroatoms. The molecule has 0 aliphatic heterocycles. The van der Waals surface area contributed by atoms with E-state index in [-0.39, 0.29) is 28.2 Å². The van der Waals surface area contributed by atoms with Crippen LogP contribution in [0.2, 0.25) is 5.02 Å². The minimum Gasteiger partial charge on any atom is -0.455 e. The van der Waals surface area contributed by atoms with Crippen LogP contribution in [0.15, 0.2) is 18.2 Å². The number of ether oxygens (including phenoxy) is 1. The second kappa shape index (κ2) is 6.09. The maximum absolute atomic E-state index is 11.7. The van der Waals surface area contributed by atoms with E-state index < -0.39 is 23.4 Å². The first-order chi connectivity index (χ1) is 9.88. The van der Waals surface area contributed by atoms with E-state index in [0.29, 0.717) is 0 Å². The molecule has 1 aliphatic carbocycles. The van der Waals surface area contributed by atoms with Gasteiger partial charge in [-0.3, -0.25) is 19.7 Å². The molecule has 1 fully saturated rings. The summed E-state index contributed by atoms with van der Waals surface area (Å²) >= 11 is 5.67. The third-order valence-corrected chi connectivity index (χ3v) is 3.42. The molecule has 0 radical (unpaired) electrons. The zero-order valence-electron chi connectivity index (χ0n) is 11.2. The van der Waals surface area contributed by atoms with Crippen LogP contribution in [-0.2, 0) is 14.3 Å². The van der Waals surface area contributed by atoms with E-state index in [2.05, 4.69) is 5.32 Å². The molecule has 1 N–H and O–H groups in total. The van der Waals surface area contributed by atoms with Crippen molar-refractivity contribution in [3.8, 4) is 0 Å². The molecule has 1 aromatic carbocycles. The first kappa shape index (κ1) is 15.2. The number of halogens is 1. The van der Waals surface area contributed by atoms with Crippen molar-refractivity contribution in [3.63, 3.8) is 0 Å². The standard InChI is InChI=1S/C13H13ClN2O5/c1-7-4-9(7)13(18)21-6-12(17)15-10-3-2-8(14)5-11(10)16(19)20/h2-3,5,7,9H,4,6H2,1H3,(H,15,17)/t7-,9+/m1/s1. The summed E-state index contributed by atoms with van der Waals surface area (Å²) in [5, 5.41) is 13.4. The fourth-order valence-electron chi connectivity index (χ4n) is 1.84. The third kappa shape index (κ3) is 3.91. The van der Waals surface area contributed by atoms with Crippen molar-refractivity contribution in [1.29, 1.82) is 0 Å². The third-order valence-electron chi connectivity index (χ3n) is 3.19. The molecule has 1 aromatic rings. The Labute approximate surface area is 125 Å². The predicted molar refractivity (Wildman–Crippen MR) is 75.0 cm³/mol. The fourth-order valence-corrected chi connectivity index (χ4v) is 2.01. The van der Waals surface area contributed by atoms with Gasteiger partial charge >= 0.3 is 5.97 Å². The molecule has 1 amide bonds. The van der Waals surface area contributed by atoms with Gasteiger partial charge in [0.25, 0.3) is 11.6 Å². The number of hydrogen-bond donors (Lipinski definition) is 1. The molecule has 2 rings (SSSR count). The molecule has 0 aromatic heterocycles. The Bertz CT molecular complexity index is 604. The lowest BCUT2D eigenvalue weighted by molar-refractivity contribution is -0.383. The smallest absolute Gasteiger partial charge is 0.309 e. The van der Waals surface area contributed by atoms with Crippen LogP contribution in [0.5, 0.6) is 0 Å². The molecule has 0 spiro atoms. The Morgan fingerprint density at radius 3 is 2.76 bits per heavy atom. The van der Waals surface area contributed by atoms with Crippen LogP contribution in [0.1, 0.15) is 13.3 Å². The van der Waals surface area contributed by atoms with Crippen molar-refractivity contribution in [2.24, 2.45) is 11.8 Å². The van der Waals surface area contributed by atoms with Crippen molar-refractivity contribution in [1.82, 2.24) is 0 Å². The van der Waals surface area contributed by atoms with Gasteiger partial charge in [-0.15, -0.1) is 0 Å². The SMILES string of the molecule is C[C@@H]1C[C@@H]1C(=O)OCC(=O)Nc1ccc(Cl)cc1[N+](=O)[O-]. The zero-order chi connectivity index (χ0) is 15.6. The number of nitrogens with one attached hydrogen (secondary N) is 1. The van der Waals surface area contributed by atoms with Crippen molar-refractivity contribution < 1.29 is 19.2 Å². The first-order valence-electron chi connectivity index (χ1n) is 6.29. The van der Waals surface area contributed by atoms with Gasteiger partial charge in [0, 0.05) is 11.1 Å². The normalized spacial score (nSPS) is 19.7. The van der Waals surface area contributed by atoms with Gasteiger partial charge < -0.3 is 10.1 Å². The van der Waals surface area contributed by atoms with Crippen LogP contribution in [0.3, 0.4) is 0 Å². The quantitative estimate of drug-likeness (QED) is 0.511. The van der Waals surface area contributed by atoms with Crippen molar-refractivity contribution in [2.75, 3.05) is 11.9 Å². The van der Waals surface area contributed by atoms with Crippen LogP contribution in [-0.4, -0.2) is 23.4 Å². The lowest BCUT2D eigenvalue weighted by Crippen LogP contribution is -2.22. The molecule has 0 bridgehead atoms. The van der Waals surface area contributed by atoms with Crippen LogP contribution in [0.4, 0.5) is 11.4 Å². The topological polar surface area (TPSA) is 98.5 Å². The second-order valence-corrected chi connectivity index (χ2v) is 5.33. The van der Waals surface area contributed by atoms with E-state index >= 15 is 0 Å². The maximum Gasteiger partial charge on any atom is 0.309 e. The highest BCUT2D eigenvalue weighted by Crippen LogP contribution is 2.38. The number of amides is 1. The number of rotatable bonds is 5. The molecule has 0 heterocycles. The summed E-state index contributed by atoms with van der Waals surface area (Å²) in [5.74, 6) is -0.897. The van der Waals surface area contributed by atoms with E-state index in [4.69, 9.17) is 16.3 Å². The fraction of sp³-hybridized carbons (Fsp3) is 0.385. The molecule has 0 saturated heterocycles. The molecule has 1 saturated carbocycles. The minimum atomic E-state index is -0.653. The number of carbonyl (C=O) groups excluding carboxylic acids is 2. The van der Waals surface area contributed by atoms with Crippen molar-refractivity contribution in [3.05, 3.63) is 33.3 Å². The van der Waals surface area contributed by atoms with E-state index in [1.807, 2.05) is 6.92 Å². The number of nitrogens with zero attached hydrogens (tertiary/aromatic N) is 1. The van der Waals surface area contributed by atoms with Gasteiger partial charge in [0.15, 0.2) is 6.61 Å². The number of carbonyl (C=O) groups is 2. The van der Waals surface area contributed by atoms with Gasteiger partial charge in [0.1, 0.15) is 5.69 Å². The van der Waals surface area contributed by atoms with E-state index in [1.165, 1.54) is 12.1 Å². The zero-order valence-corrected chi connectivity index (χ0v) is 11.9. The van der Waals surface area contributed by atoms with Gasteiger partial charge in [-0.1, -0.05) is 18.5 Å². The second-order valence-electron chi connectivity index (χ2n) is 4.89. The summed E-state index contributed by atoms with van der Waals surface area (Å²) < 4.78 is 4.85. The number of benzene rings is 1.